The molecule has 0 spiro atoms. The Labute approximate surface area is 176 Å². The summed E-state index contributed by atoms with van der Waals surface area (Å²) < 4.78 is 0. The van der Waals surface area contributed by atoms with Gasteiger partial charge < -0.3 is 20.5 Å². The van der Waals surface area contributed by atoms with Crippen LogP contribution in [0.2, 0.25) is 5.02 Å². The van der Waals surface area contributed by atoms with E-state index in [1.807, 2.05) is 13.8 Å². The maximum absolute atomic E-state index is 12.7. The molecule has 6 nitrogen and oxygen atoms in total. The number of hydrogen-bond acceptors (Lipinski definition) is 3. The standard InChI is InChI=1S/C22H27ClN4O2/c1-5-27(6-2)10-9-24-22(29)20-13(3)19(25-14(20)4)12-17-16-11-15(23)7-8-18(16)26-21(17)28/h7-8,11-12,25H,5-6,9-10H2,1-4H3,(H,24,29)(H,26,28)/b17-12+. The monoisotopic (exact) mass is 414 g/mol. The van der Waals surface area contributed by atoms with Crippen LogP contribution in [-0.4, -0.2) is 47.9 Å². The summed E-state index contributed by atoms with van der Waals surface area (Å²) in [6.45, 7) is 11.3. The average molecular weight is 415 g/mol. The second-order valence-electron chi connectivity index (χ2n) is 7.15. The minimum Gasteiger partial charge on any atom is -0.358 e. The van der Waals surface area contributed by atoms with Gasteiger partial charge in [0.25, 0.3) is 11.8 Å². The van der Waals surface area contributed by atoms with E-state index in [0.717, 1.165) is 47.8 Å². The smallest absolute Gasteiger partial charge is 0.256 e. The lowest BCUT2D eigenvalue weighted by Gasteiger charge is -2.18. The summed E-state index contributed by atoms with van der Waals surface area (Å²) in [5, 5.41) is 6.41. The van der Waals surface area contributed by atoms with Gasteiger partial charge in [0.05, 0.1) is 11.1 Å². The topological polar surface area (TPSA) is 77.2 Å². The van der Waals surface area contributed by atoms with Crippen LogP contribution in [-0.2, 0) is 4.79 Å². The van der Waals surface area contributed by atoms with Gasteiger partial charge in [-0.05, 0) is 56.8 Å². The van der Waals surface area contributed by atoms with Crippen LogP contribution in [0.25, 0.3) is 11.6 Å². The largest absolute Gasteiger partial charge is 0.358 e. The molecule has 1 aliphatic heterocycles. The third-order valence-electron chi connectivity index (χ3n) is 5.36. The molecule has 0 saturated heterocycles. The summed E-state index contributed by atoms with van der Waals surface area (Å²) in [4.78, 5) is 30.7. The zero-order valence-corrected chi connectivity index (χ0v) is 18.0. The highest BCUT2D eigenvalue weighted by molar-refractivity contribution is 6.36. The number of rotatable bonds is 7. The van der Waals surface area contributed by atoms with Crippen molar-refractivity contribution in [3.63, 3.8) is 0 Å². The number of carbonyl (C=O) groups excluding carboxylic acids is 2. The van der Waals surface area contributed by atoms with Gasteiger partial charge in [-0.3, -0.25) is 9.59 Å². The first-order valence-corrected chi connectivity index (χ1v) is 10.3. The molecule has 29 heavy (non-hydrogen) atoms. The maximum atomic E-state index is 12.7. The first-order chi connectivity index (χ1) is 13.8. The zero-order valence-electron chi connectivity index (χ0n) is 17.3. The number of nitrogens with one attached hydrogen (secondary N) is 3. The quantitative estimate of drug-likeness (QED) is 0.602. The maximum Gasteiger partial charge on any atom is 0.256 e. The van der Waals surface area contributed by atoms with Gasteiger partial charge in [-0.25, -0.2) is 0 Å². The Bertz CT molecular complexity index is 973. The fourth-order valence-electron chi connectivity index (χ4n) is 3.66. The summed E-state index contributed by atoms with van der Waals surface area (Å²) in [5.41, 5.74) is 4.99. The first kappa shape index (κ1) is 21.1. The lowest BCUT2D eigenvalue weighted by atomic mass is 10.0. The highest BCUT2D eigenvalue weighted by Crippen LogP contribution is 2.35. The lowest BCUT2D eigenvalue weighted by Crippen LogP contribution is -2.35. The fourth-order valence-corrected chi connectivity index (χ4v) is 3.83. The number of aryl methyl sites for hydroxylation is 1. The molecule has 0 unspecified atom stereocenters. The Morgan fingerprint density at radius 1 is 1.24 bits per heavy atom. The third-order valence-corrected chi connectivity index (χ3v) is 5.60. The normalized spacial score (nSPS) is 14.4. The molecule has 0 saturated carbocycles. The van der Waals surface area contributed by atoms with E-state index in [2.05, 4.69) is 34.4 Å². The number of likely N-dealkylation sites (N-methyl/N-ethyl adjacent to an activating group) is 1. The second kappa shape index (κ2) is 8.84. The lowest BCUT2D eigenvalue weighted by molar-refractivity contribution is -0.110. The zero-order chi connectivity index (χ0) is 21.1. The minimum absolute atomic E-state index is 0.104. The Morgan fingerprint density at radius 2 is 1.97 bits per heavy atom. The molecular weight excluding hydrogens is 388 g/mol. The molecule has 2 heterocycles. The van der Waals surface area contributed by atoms with Crippen molar-refractivity contribution in [2.75, 3.05) is 31.5 Å². The van der Waals surface area contributed by atoms with Crippen molar-refractivity contribution >= 4 is 40.8 Å². The molecule has 1 aromatic heterocycles. The number of H-pyrrole nitrogens is 1. The van der Waals surface area contributed by atoms with Crippen LogP contribution in [0.4, 0.5) is 5.69 Å². The predicted molar refractivity (Wildman–Crippen MR) is 118 cm³/mol. The van der Waals surface area contributed by atoms with E-state index < -0.39 is 0 Å². The number of aromatic nitrogens is 1. The highest BCUT2D eigenvalue weighted by atomic mass is 35.5. The van der Waals surface area contributed by atoms with Gasteiger partial charge in [-0.2, -0.15) is 0 Å². The van der Waals surface area contributed by atoms with Crippen molar-refractivity contribution in [3.05, 3.63) is 51.3 Å². The molecule has 0 atom stereocenters. The Kier molecular flexibility index (Phi) is 6.45. The van der Waals surface area contributed by atoms with Gasteiger partial charge in [-0.15, -0.1) is 0 Å². The SMILES string of the molecule is CCN(CC)CCNC(=O)c1c(C)[nH]c(/C=C2/C(=O)Nc3ccc(Cl)cc32)c1C. The van der Waals surface area contributed by atoms with Crippen molar-refractivity contribution < 1.29 is 9.59 Å². The summed E-state index contributed by atoms with van der Waals surface area (Å²) in [6, 6.07) is 5.30. The molecule has 3 N–H and O–H groups in total. The van der Waals surface area contributed by atoms with Crippen LogP contribution in [0.1, 0.15) is 46.7 Å². The molecule has 0 fully saturated rings. The molecular formula is C22H27ClN4O2. The van der Waals surface area contributed by atoms with Gasteiger partial charge in [-0.1, -0.05) is 25.4 Å². The average Bonchev–Trinajstić information content (AvgIpc) is 3.14. The number of anilines is 1. The van der Waals surface area contributed by atoms with E-state index in [9.17, 15) is 9.59 Å². The first-order valence-electron chi connectivity index (χ1n) is 9.88. The molecule has 2 aromatic rings. The number of fused-ring (bicyclic) bond motifs is 1. The van der Waals surface area contributed by atoms with Crippen LogP contribution in [0.5, 0.6) is 0 Å². The van der Waals surface area contributed by atoms with E-state index in [-0.39, 0.29) is 11.8 Å². The van der Waals surface area contributed by atoms with E-state index >= 15 is 0 Å². The number of amides is 2. The van der Waals surface area contributed by atoms with Crippen molar-refractivity contribution in [1.82, 2.24) is 15.2 Å². The van der Waals surface area contributed by atoms with Crippen molar-refractivity contribution in [1.29, 1.82) is 0 Å². The third kappa shape index (κ3) is 4.38. The van der Waals surface area contributed by atoms with Crippen molar-refractivity contribution in [2.24, 2.45) is 0 Å². The van der Waals surface area contributed by atoms with Gasteiger partial charge in [0, 0.05) is 40.8 Å². The molecule has 3 rings (SSSR count). The molecule has 0 aliphatic carbocycles. The molecule has 7 heteroatoms. The molecule has 154 valence electrons. The Morgan fingerprint density at radius 3 is 2.66 bits per heavy atom. The highest BCUT2D eigenvalue weighted by Gasteiger charge is 2.25. The molecule has 0 bridgehead atoms. The Balaban J connectivity index is 1.83. The van der Waals surface area contributed by atoms with Crippen molar-refractivity contribution in [3.8, 4) is 0 Å². The van der Waals surface area contributed by atoms with Crippen molar-refractivity contribution in [2.45, 2.75) is 27.7 Å². The minimum atomic E-state index is -0.181. The number of aromatic amines is 1. The molecule has 2 amide bonds. The van der Waals surface area contributed by atoms with E-state index in [4.69, 9.17) is 11.6 Å². The summed E-state index contributed by atoms with van der Waals surface area (Å²) in [7, 11) is 0. The van der Waals surface area contributed by atoms with Crippen LogP contribution in [0.3, 0.4) is 0 Å². The number of nitrogens with zero attached hydrogens (tertiary/aromatic N) is 1. The van der Waals surface area contributed by atoms with E-state index in [0.29, 0.717) is 22.7 Å². The molecule has 0 radical (unpaired) electrons. The number of benzene rings is 1. The number of halogens is 1. The summed E-state index contributed by atoms with van der Waals surface area (Å²) in [5.74, 6) is -0.286. The second-order valence-corrected chi connectivity index (χ2v) is 7.58. The van der Waals surface area contributed by atoms with E-state index in [1.54, 1.807) is 24.3 Å². The molecule has 1 aliphatic rings. The van der Waals surface area contributed by atoms with Crippen LogP contribution in [0, 0.1) is 13.8 Å². The van der Waals surface area contributed by atoms with E-state index in [1.165, 1.54) is 0 Å². The summed E-state index contributed by atoms with van der Waals surface area (Å²) in [6.07, 6.45) is 1.78. The molecule has 1 aromatic carbocycles. The Hall–Kier alpha value is -2.57. The predicted octanol–water partition coefficient (Wildman–Crippen LogP) is 3.85. The summed E-state index contributed by atoms with van der Waals surface area (Å²) >= 11 is 6.10. The van der Waals surface area contributed by atoms with Gasteiger partial charge in [0.15, 0.2) is 0 Å². The van der Waals surface area contributed by atoms with Crippen LogP contribution >= 0.6 is 11.6 Å². The van der Waals surface area contributed by atoms with Gasteiger partial charge >= 0.3 is 0 Å². The van der Waals surface area contributed by atoms with Crippen LogP contribution < -0.4 is 10.6 Å². The van der Waals surface area contributed by atoms with Gasteiger partial charge in [0.1, 0.15) is 0 Å². The number of hydrogen-bond donors (Lipinski definition) is 3. The van der Waals surface area contributed by atoms with Crippen LogP contribution in [0.15, 0.2) is 18.2 Å². The fraction of sp³-hybridized carbons (Fsp3) is 0.364. The number of carbonyl (C=O) groups is 2. The van der Waals surface area contributed by atoms with Gasteiger partial charge in [0.2, 0.25) is 0 Å².